The Morgan fingerprint density at radius 1 is 1.08 bits per heavy atom. The molecule has 0 amide bonds. The van der Waals surface area contributed by atoms with Crippen LogP contribution in [0.3, 0.4) is 0 Å². The lowest BCUT2D eigenvalue weighted by Crippen LogP contribution is -2.00. The fourth-order valence-electron chi connectivity index (χ4n) is 2.04. The van der Waals surface area contributed by atoms with Crippen LogP contribution >= 0.6 is 0 Å². The smallest absolute Gasteiger partial charge is 0.303 e. The lowest BCUT2D eigenvalue weighted by atomic mass is 10.1. The molecule has 2 N–H and O–H groups in total. The van der Waals surface area contributed by atoms with Gasteiger partial charge in [-0.2, -0.15) is 0 Å². The molecule has 1 fully saturated rings. The minimum atomic E-state index is -0.842. The van der Waals surface area contributed by atoms with E-state index in [-0.39, 0.29) is 30.1 Å². The van der Waals surface area contributed by atoms with E-state index in [2.05, 4.69) is 0 Å². The van der Waals surface area contributed by atoms with Crippen LogP contribution in [0.4, 0.5) is 0 Å². The topological polar surface area (TPSA) is 74.6 Å². The van der Waals surface area contributed by atoms with Crippen molar-refractivity contribution in [3.63, 3.8) is 0 Å². The van der Waals surface area contributed by atoms with Gasteiger partial charge in [0.05, 0.1) is 0 Å². The van der Waals surface area contributed by atoms with Crippen molar-refractivity contribution in [2.24, 2.45) is 17.3 Å². The SMILES string of the molecule is CC1(C)C(CC(=O)O)C1CC(=O)O. The molecule has 74 valence electrons. The molecule has 0 saturated heterocycles. The van der Waals surface area contributed by atoms with Gasteiger partial charge in [0.15, 0.2) is 0 Å². The Hall–Kier alpha value is -1.06. The highest BCUT2D eigenvalue weighted by molar-refractivity contribution is 5.70. The van der Waals surface area contributed by atoms with Crippen molar-refractivity contribution in [1.82, 2.24) is 0 Å². The molecule has 1 aliphatic rings. The zero-order valence-electron chi connectivity index (χ0n) is 7.78. The summed E-state index contributed by atoms with van der Waals surface area (Å²) in [5.41, 5.74) is -0.114. The van der Waals surface area contributed by atoms with Gasteiger partial charge in [0.2, 0.25) is 0 Å². The van der Waals surface area contributed by atoms with Crippen molar-refractivity contribution in [3.8, 4) is 0 Å². The third-order valence-electron chi connectivity index (χ3n) is 3.08. The molecular formula is C9H14O4. The molecule has 0 heterocycles. The van der Waals surface area contributed by atoms with Gasteiger partial charge in [-0.1, -0.05) is 13.8 Å². The molecule has 0 bridgehead atoms. The lowest BCUT2D eigenvalue weighted by Gasteiger charge is -1.98. The Morgan fingerprint density at radius 2 is 1.38 bits per heavy atom. The van der Waals surface area contributed by atoms with Crippen molar-refractivity contribution in [3.05, 3.63) is 0 Å². The van der Waals surface area contributed by atoms with E-state index in [0.29, 0.717) is 0 Å². The second-order valence-corrected chi connectivity index (χ2v) is 4.23. The molecule has 4 heteroatoms. The summed E-state index contributed by atoms with van der Waals surface area (Å²) in [6.07, 6.45) is 0.176. The largest absolute Gasteiger partial charge is 0.481 e. The van der Waals surface area contributed by atoms with E-state index in [0.717, 1.165) is 0 Å². The van der Waals surface area contributed by atoms with E-state index in [1.54, 1.807) is 0 Å². The summed E-state index contributed by atoms with van der Waals surface area (Å²) in [5.74, 6) is -1.63. The molecule has 13 heavy (non-hydrogen) atoms. The number of hydrogen-bond acceptors (Lipinski definition) is 2. The van der Waals surface area contributed by atoms with Gasteiger partial charge in [-0.3, -0.25) is 9.59 Å². The number of aliphatic carboxylic acids is 2. The van der Waals surface area contributed by atoms with Gasteiger partial charge in [-0.05, 0) is 17.3 Å². The molecule has 2 atom stereocenters. The standard InChI is InChI=1S/C9H14O4/c1-9(2)5(3-7(10)11)6(9)4-8(12)13/h5-6H,3-4H2,1-2H3,(H,10,11)(H,12,13). The van der Waals surface area contributed by atoms with Crippen LogP contribution in [0.2, 0.25) is 0 Å². The third kappa shape index (κ3) is 1.99. The van der Waals surface area contributed by atoms with Crippen molar-refractivity contribution in [1.29, 1.82) is 0 Å². The van der Waals surface area contributed by atoms with Crippen LogP contribution in [0.5, 0.6) is 0 Å². The second-order valence-electron chi connectivity index (χ2n) is 4.23. The normalized spacial score (nSPS) is 29.7. The minimum Gasteiger partial charge on any atom is -0.481 e. The van der Waals surface area contributed by atoms with Crippen LogP contribution in [0, 0.1) is 17.3 Å². The van der Waals surface area contributed by atoms with Gasteiger partial charge in [0, 0.05) is 12.8 Å². The lowest BCUT2D eigenvalue weighted by molar-refractivity contribution is -0.139. The Morgan fingerprint density at radius 3 is 1.62 bits per heavy atom. The van der Waals surface area contributed by atoms with Crippen molar-refractivity contribution >= 4 is 11.9 Å². The zero-order chi connectivity index (χ0) is 10.2. The molecule has 1 aliphatic carbocycles. The van der Waals surface area contributed by atoms with Crippen LogP contribution < -0.4 is 0 Å². The zero-order valence-corrected chi connectivity index (χ0v) is 7.78. The second kappa shape index (κ2) is 3.01. The Labute approximate surface area is 76.6 Å². The number of hydrogen-bond donors (Lipinski definition) is 2. The highest BCUT2D eigenvalue weighted by Gasteiger charge is 2.58. The average molecular weight is 186 g/mol. The van der Waals surface area contributed by atoms with Crippen molar-refractivity contribution in [2.75, 3.05) is 0 Å². The average Bonchev–Trinajstić information content (AvgIpc) is 2.36. The molecular weight excluding hydrogens is 172 g/mol. The summed E-state index contributed by atoms with van der Waals surface area (Å²) < 4.78 is 0. The Balaban J connectivity index is 2.50. The summed E-state index contributed by atoms with van der Waals surface area (Å²) in [4.78, 5) is 20.8. The van der Waals surface area contributed by atoms with E-state index in [1.807, 2.05) is 13.8 Å². The van der Waals surface area contributed by atoms with Crippen LogP contribution in [-0.4, -0.2) is 22.2 Å². The third-order valence-corrected chi connectivity index (χ3v) is 3.08. The van der Waals surface area contributed by atoms with E-state index in [1.165, 1.54) is 0 Å². The van der Waals surface area contributed by atoms with Crippen LogP contribution in [0.25, 0.3) is 0 Å². The quantitative estimate of drug-likeness (QED) is 0.692. The summed E-state index contributed by atoms with van der Waals surface area (Å²) in [5, 5.41) is 17.1. The monoisotopic (exact) mass is 186 g/mol. The van der Waals surface area contributed by atoms with E-state index < -0.39 is 11.9 Å². The molecule has 0 aromatic heterocycles. The predicted molar refractivity (Wildman–Crippen MR) is 45.3 cm³/mol. The number of carbonyl (C=O) groups is 2. The maximum absolute atomic E-state index is 10.4. The summed E-state index contributed by atoms with van der Waals surface area (Å²) >= 11 is 0. The summed E-state index contributed by atoms with van der Waals surface area (Å²) in [6, 6.07) is 0. The molecule has 4 nitrogen and oxygen atoms in total. The maximum Gasteiger partial charge on any atom is 0.303 e. The van der Waals surface area contributed by atoms with E-state index >= 15 is 0 Å². The molecule has 0 aromatic carbocycles. The van der Waals surface area contributed by atoms with Gasteiger partial charge in [-0.25, -0.2) is 0 Å². The number of carboxylic acids is 2. The van der Waals surface area contributed by atoms with Crippen LogP contribution in [0.1, 0.15) is 26.7 Å². The molecule has 2 unspecified atom stereocenters. The van der Waals surface area contributed by atoms with Crippen molar-refractivity contribution in [2.45, 2.75) is 26.7 Å². The highest BCUT2D eigenvalue weighted by Crippen LogP contribution is 2.61. The first-order valence-corrected chi connectivity index (χ1v) is 4.29. The Bertz CT molecular complexity index is 220. The van der Waals surface area contributed by atoms with Gasteiger partial charge < -0.3 is 10.2 Å². The van der Waals surface area contributed by atoms with Gasteiger partial charge >= 0.3 is 11.9 Å². The van der Waals surface area contributed by atoms with E-state index in [9.17, 15) is 9.59 Å². The van der Waals surface area contributed by atoms with Crippen LogP contribution in [0.15, 0.2) is 0 Å². The molecule has 0 radical (unpaired) electrons. The maximum atomic E-state index is 10.4. The summed E-state index contributed by atoms with van der Waals surface area (Å²) in [6.45, 7) is 3.85. The predicted octanol–water partition coefficient (Wildman–Crippen LogP) is 1.21. The molecule has 0 aromatic rings. The van der Waals surface area contributed by atoms with E-state index in [4.69, 9.17) is 10.2 Å². The fourth-order valence-corrected chi connectivity index (χ4v) is 2.04. The first kappa shape index (κ1) is 10.0. The molecule has 0 spiro atoms. The number of carboxylic acid groups (broad SMARTS) is 2. The number of rotatable bonds is 4. The molecule has 1 saturated carbocycles. The van der Waals surface area contributed by atoms with Gasteiger partial charge in [-0.15, -0.1) is 0 Å². The highest BCUT2D eigenvalue weighted by atomic mass is 16.4. The first-order chi connectivity index (χ1) is 5.85. The molecule has 1 rings (SSSR count). The van der Waals surface area contributed by atoms with Gasteiger partial charge in [0.25, 0.3) is 0 Å². The molecule has 0 aliphatic heterocycles. The minimum absolute atomic E-state index is 0.0288. The first-order valence-electron chi connectivity index (χ1n) is 4.29. The fraction of sp³-hybridized carbons (Fsp3) is 0.778. The van der Waals surface area contributed by atoms with Crippen LogP contribution in [-0.2, 0) is 9.59 Å². The summed E-state index contributed by atoms with van der Waals surface area (Å²) in [7, 11) is 0. The van der Waals surface area contributed by atoms with Crippen molar-refractivity contribution < 1.29 is 19.8 Å². The Kier molecular flexibility index (Phi) is 2.32. The van der Waals surface area contributed by atoms with Gasteiger partial charge in [0.1, 0.15) is 0 Å².